The van der Waals surface area contributed by atoms with Crippen molar-refractivity contribution in [2.75, 3.05) is 5.32 Å². The van der Waals surface area contributed by atoms with E-state index >= 15 is 0 Å². The highest BCUT2D eigenvalue weighted by Gasteiger charge is 2.06. The summed E-state index contributed by atoms with van der Waals surface area (Å²) in [7, 11) is 0. The molecule has 0 unspecified atom stereocenters. The molecule has 2 aromatic heterocycles. The summed E-state index contributed by atoms with van der Waals surface area (Å²) < 4.78 is 0. The van der Waals surface area contributed by atoms with Gasteiger partial charge in [-0.05, 0) is 11.6 Å². The molecular formula is C13H15ClN4. The van der Waals surface area contributed by atoms with E-state index in [0.29, 0.717) is 11.7 Å². The van der Waals surface area contributed by atoms with Gasteiger partial charge in [-0.3, -0.25) is 4.98 Å². The fraction of sp³-hybridized carbons (Fsp3) is 0.308. The second-order valence-electron chi connectivity index (χ2n) is 4.30. The van der Waals surface area contributed by atoms with Gasteiger partial charge in [0.05, 0.1) is 0 Å². The number of hydrogen-bond acceptors (Lipinski definition) is 4. The fourth-order valence-electron chi connectivity index (χ4n) is 1.48. The molecule has 0 atom stereocenters. The van der Waals surface area contributed by atoms with E-state index in [1.165, 1.54) is 0 Å². The molecule has 0 aliphatic rings. The van der Waals surface area contributed by atoms with Gasteiger partial charge in [0.2, 0.25) is 0 Å². The largest absolute Gasteiger partial charge is 0.366 e. The molecule has 0 saturated carbocycles. The molecule has 0 spiro atoms. The number of aromatic nitrogens is 3. The Balaban J connectivity index is 2.10. The van der Waals surface area contributed by atoms with Gasteiger partial charge in [-0.15, -0.1) is 0 Å². The van der Waals surface area contributed by atoms with Gasteiger partial charge in [0.15, 0.2) is 0 Å². The Morgan fingerprint density at radius 3 is 2.83 bits per heavy atom. The van der Waals surface area contributed by atoms with Gasteiger partial charge in [0, 0.05) is 30.9 Å². The maximum atomic E-state index is 5.97. The summed E-state index contributed by atoms with van der Waals surface area (Å²) >= 11 is 5.97. The first-order valence-electron chi connectivity index (χ1n) is 5.82. The standard InChI is InChI=1S/C13H15ClN4/c1-9(2)13-17-11(14)6-12(18-13)16-8-10-4-3-5-15-7-10/h3-7,9H,8H2,1-2H3,(H,16,17,18). The van der Waals surface area contributed by atoms with Crippen molar-refractivity contribution in [3.05, 3.63) is 47.1 Å². The van der Waals surface area contributed by atoms with E-state index in [0.717, 1.165) is 17.2 Å². The Kier molecular flexibility index (Phi) is 4.10. The summed E-state index contributed by atoms with van der Waals surface area (Å²) in [5.74, 6) is 1.74. The first kappa shape index (κ1) is 12.8. The van der Waals surface area contributed by atoms with E-state index in [1.807, 2.05) is 32.2 Å². The Morgan fingerprint density at radius 2 is 2.17 bits per heavy atom. The quantitative estimate of drug-likeness (QED) is 0.860. The number of nitrogens with one attached hydrogen (secondary N) is 1. The molecule has 18 heavy (non-hydrogen) atoms. The Morgan fingerprint density at radius 1 is 1.33 bits per heavy atom. The zero-order valence-electron chi connectivity index (χ0n) is 10.4. The Bertz CT molecular complexity index is 514. The second kappa shape index (κ2) is 5.78. The lowest BCUT2D eigenvalue weighted by molar-refractivity contribution is 0.774. The lowest BCUT2D eigenvalue weighted by Gasteiger charge is -2.09. The molecule has 1 N–H and O–H groups in total. The SMILES string of the molecule is CC(C)c1nc(Cl)cc(NCc2cccnc2)n1. The van der Waals surface area contributed by atoms with Crippen LogP contribution in [0.3, 0.4) is 0 Å². The van der Waals surface area contributed by atoms with Crippen LogP contribution in [0.4, 0.5) is 5.82 Å². The molecule has 0 amide bonds. The Labute approximate surface area is 111 Å². The van der Waals surface area contributed by atoms with Gasteiger partial charge >= 0.3 is 0 Å². The van der Waals surface area contributed by atoms with Gasteiger partial charge < -0.3 is 5.32 Å². The highest BCUT2D eigenvalue weighted by Crippen LogP contribution is 2.17. The number of hydrogen-bond donors (Lipinski definition) is 1. The second-order valence-corrected chi connectivity index (χ2v) is 4.69. The fourth-order valence-corrected chi connectivity index (χ4v) is 1.67. The predicted molar refractivity (Wildman–Crippen MR) is 72.7 cm³/mol. The number of rotatable bonds is 4. The van der Waals surface area contributed by atoms with E-state index < -0.39 is 0 Å². The van der Waals surface area contributed by atoms with Gasteiger partial charge in [-0.25, -0.2) is 9.97 Å². The smallest absolute Gasteiger partial charge is 0.135 e. The molecule has 0 saturated heterocycles. The first-order chi connectivity index (χ1) is 8.65. The number of nitrogens with zero attached hydrogens (tertiary/aromatic N) is 3. The van der Waals surface area contributed by atoms with Crippen molar-refractivity contribution in [3.8, 4) is 0 Å². The minimum Gasteiger partial charge on any atom is -0.366 e. The van der Waals surface area contributed by atoms with Gasteiger partial charge in [0.25, 0.3) is 0 Å². The molecule has 2 aromatic rings. The average molecular weight is 263 g/mol. The van der Waals surface area contributed by atoms with Crippen LogP contribution in [-0.4, -0.2) is 15.0 Å². The lowest BCUT2D eigenvalue weighted by atomic mass is 10.2. The van der Waals surface area contributed by atoms with Crippen LogP contribution < -0.4 is 5.32 Å². The highest BCUT2D eigenvalue weighted by molar-refractivity contribution is 6.29. The summed E-state index contributed by atoms with van der Waals surface area (Å²) in [5.41, 5.74) is 1.10. The van der Waals surface area contributed by atoms with E-state index in [4.69, 9.17) is 11.6 Å². The van der Waals surface area contributed by atoms with Crippen LogP contribution in [0.15, 0.2) is 30.6 Å². The highest BCUT2D eigenvalue weighted by atomic mass is 35.5. The molecule has 5 heteroatoms. The third-order valence-electron chi connectivity index (χ3n) is 2.43. The minimum atomic E-state index is 0.252. The number of pyridine rings is 1. The van der Waals surface area contributed by atoms with Crippen molar-refractivity contribution >= 4 is 17.4 Å². The van der Waals surface area contributed by atoms with Gasteiger partial charge in [0.1, 0.15) is 16.8 Å². The van der Waals surface area contributed by atoms with Gasteiger partial charge in [-0.1, -0.05) is 31.5 Å². The number of halogens is 1. The third-order valence-corrected chi connectivity index (χ3v) is 2.62. The zero-order chi connectivity index (χ0) is 13.0. The molecule has 0 fully saturated rings. The van der Waals surface area contributed by atoms with Crippen molar-refractivity contribution < 1.29 is 0 Å². The zero-order valence-corrected chi connectivity index (χ0v) is 11.1. The average Bonchev–Trinajstić information content (AvgIpc) is 2.37. The third kappa shape index (κ3) is 3.40. The van der Waals surface area contributed by atoms with Crippen LogP contribution in [0.2, 0.25) is 5.15 Å². The van der Waals surface area contributed by atoms with Crippen LogP contribution >= 0.6 is 11.6 Å². The van der Waals surface area contributed by atoms with Crippen molar-refractivity contribution in [1.82, 2.24) is 15.0 Å². The maximum Gasteiger partial charge on any atom is 0.135 e. The van der Waals surface area contributed by atoms with Crippen molar-refractivity contribution in [2.24, 2.45) is 0 Å². The number of anilines is 1. The Hall–Kier alpha value is -1.68. The van der Waals surface area contributed by atoms with E-state index in [1.54, 1.807) is 12.3 Å². The van der Waals surface area contributed by atoms with Crippen LogP contribution in [0.5, 0.6) is 0 Å². The molecule has 2 rings (SSSR count). The first-order valence-corrected chi connectivity index (χ1v) is 6.20. The monoisotopic (exact) mass is 262 g/mol. The summed E-state index contributed by atoms with van der Waals surface area (Å²) in [6, 6.07) is 5.64. The van der Waals surface area contributed by atoms with Crippen LogP contribution in [0.25, 0.3) is 0 Å². The van der Waals surface area contributed by atoms with Crippen molar-refractivity contribution in [1.29, 1.82) is 0 Å². The summed E-state index contributed by atoms with van der Waals surface area (Å²) in [5, 5.41) is 3.68. The summed E-state index contributed by atoms with van der Waals surface area (Å²) in [6.45, 7) is 4.74. The molecule has 2 heterocycles. The van der Waals surface area contributed by atoms with Crippen LogP contribution in [0.1, 0.15) is 31.2 Å². The van der Waals surface area contributed by atoms with Crippen LogP contribution in [0, 0.1) is 0 Å². The van der Waals surface area contributed by atoms with E-state index in [9.17, 15) is 0 Å². The molecule has 0 bridgehead atoms. The van der Waals surface area contributed by atoms with Crippen LogP contribution in [-0.2, 0) is 6.54 Å². The van der Waals surface area contributed by atoms with Crippen molar-refractivity contribution in [2.45, 2.75) is 26.3 Å². The molecule has 0 aliphatic carbocycles. The molecule has 0 aromatic carbocycles. The minimum absolute atomic E-state index is 0.252. The van der Waals surface area contributed by atoms with Gasteiger partial charge in [-0.2, -0.15) is 0 Å². The summed E-state index contributed by atoms with van der Waals surface area (Å²) in [6.07, 6.45) is 3.57. The van der Waals surface area contributed by atoms with E-state index in [-0.39, 0.29) is 5.92 Å². The molecule has 0 radical (unpaired) electrons. The molecular weight excluding hydrogens is 248 g/mol. The topological polar surface area (TPSA) is 50.7 Å². The normalized spacial score (nSPS) is 10.7. The lowest BCUT2D eigenvalue weighted by Crippen LogP contribution is -2.05. The van der Waals surface area contributed by atoms with Crippen molar-refractivity contribution in [3.63, 3.8) is 0 Å². The molecule has 94 valence electrons. The molecule has 4 nitrogen and oxygen atoms in total. The molecule has 0 aliphatic heterocycles. The predicted octanol–water partition coefficient (Wildman–Crippen LogP) is 3.26. The van der Waals surface area contributed by atoms with E-state index in [2.05, 4.69) is 20.3 Å². The summed E-state index contributed by atoms with van der Waals surface area (Å²) in [4.78, 5) is 12.7. The maximum absolute atomic E-state index is 5.97.